The van der Waals surface area contributed by atoms with Crippen molar-refractivity contribution in [1.82, 2.24) is 20.1 Å². The Labute approximate surface area is 206 Å². The summed E-state index contributed by atoms with van der Waals surface area (Å²) in [6, 6.07) is 14.1. The maximum Gasteiger partial charge on any atom is 0.254 e. The normalized spacial score (nSPS) is 18.5. The number of hydrogen-bond acceptors (Lipinski definition) is 5. The van der Waals surface area contributed by atoms with Crippen LogP contribution in [0.5, 0.6) is 0 Å². The van der Waals surface area contributed by atoms with E-state index in [1.54, 1.807) is 0 Å². The van der Waals surface area contributed by atoms with Crippen LogP contribution < -0.4 is 0 Å². The number of benzene rings is 2. The highest BCUT2D eigenvalue weighted by molar-refractivity contribution is 5.97. The number of carbonyl (C=O) groups excluding carboxylic acids is 1. The lowest BCUT2D eigenvalue weighted by Gasteiger charge is -2.33. The van der Waals surface area contributed by atoms with Gasteiger partial charge in [-0.25, -0.2) is 0 Å². The number of carbonyl (C=O) groups is 1. The summed E-state index contributed by atoms with van der Waals surface area (Å²) in [4.78, 5) is 18.8. The minimum atomic E-state index is 0.0508. The van der Waals surface area contributed by atoms with E-state index in [0.29, 0.717) is 30.4 Å². The van der Waals surface area contributed by atoms with Crippen molar-refractivity contribution in [3.63, 3.8) is 0 Å². The minimum Gasteiger partial charge on any atom is -0.378 e. The molecule has 3 aromatic rings. The number of likely N-dealkylation sites (tertiary alicyclic amines) is 1. The van der Waals surface area contributed by atoms with Crippen LogP contribution in [0.25, 0.3) is 11.4 Å². The molecule has 35 heavy (non-hydrogen) atoms. The molecule has 5 rings (SSSR count). The second-order valence-corrected chi connectivity index (χ2v) is 9.71. The van der Waals surface area contributed by atoms with Crippen LogP contribution in [0.15, 0.2) is 36.4 Å². The number of H-pyrrole nitrogens is 1. The Morgan fingerprint density at radius 2 is 1.94 bits per heavy atom. The standard InChI is InChI=1S/C28H31N5O2/c1-18-14-19(2)25(16-24(18)27-30-26(31-32-27)15-22-7-5-13-35-22)28(34)33-11-9-20(10-12-33)23-8-4-3-6-21(23)17-29/h3-4,6,8,14,16,20,22H,5,7,9-13,15H2,1-2H3,(H,30,31,32). The zero-order valence-corrected chi connectivity index (χ0v) is 20.4. The molecule has 180 valence electrons. The van der Waals surface area contributed by atoms with Crippen molar-refractivity contribution in [2.75, 3.05) is 19.7 Å². The average Bonchev–Trinajstić information content (AvgIpc) is 3.56. The Bertz CT molecular complexity index is 1260. The molecule has 2 aromatic carbocycles. The Morgan fingerprint density at radius 1 is 1.14 bits per heavy atom. The van der Waals surface area contributed by atoms with Gasteiger partial charge in [0.05, 0.1) is 17.7 Å². The number of amides is 1. The van der Waals surface area contributed by atoms with Crippen LogP contribution in [0.4, 0.5) is 0 Å². The molecule has 0 spiro atoms. The molecular formula is C28H31N5O2. The first-order valence-electron chi connectivity index (χ1n) is 12.5. The molecule has 2 saturated heterocycles. The third kappa shape index (κ3) is 4.85. The van der Waals surface area contributed by atoms with E-state index in [2.05, 4.69) is 27.3 Å². The second kappa shape index (κ2) is 10.0. The summed E-state index contributed by atoms with van der Waals surface area (Å²) in [5, 5.41) is 18.2. The van der Waals surface area contributed by atoms with Gasteiger partial charge in [0.25, 0.3) is 5.91 Å². The summed E-state index contributed by atoms with van der Waals surface area (Å²) in [6.45, 7) is 6.20. The van der Waals surface area contributed by atoms with E-state index in [1.165, 1.54) is 0 Å². The third-order valence-electron chi connectivity index (χ3n) is 7.34. The first-order valence-corrected chi connectivity index (χ1v) is 12.5. The molecule has 2 aliphatic rings. The van der Waals surface area contributed by atoms with E-state index in [-0.39, 0.29) is 12.0 Å². The number of aromatic amines is 1. The van der Waals surface area contributed by atoms with Crippen molar-refractivity contribution in [1.29, 1.82) is 5.26 Å². The van der Waals surface area contributed by atoms with Crippen molar-refractivity contribution >= 4 is 5.91 Å². The molecule has 0 saturated carbocycles. The van der Waals surface area contributed by atoms with Crippen LogP contribution in [0.1, 0.15) is 70.0 Å². The Balaban J connectivity index is 1.31. The van der Waals surface area contributed by atoms with E-state index < -0.39 is 0 Å². The fraction of sp³-hybridized carbons (Fsp3) is 0.429. The van der Waals surface area contributed by atoms with Crippen LogP contribution in [-0.4, -0.2) is 51.8 Å². The van der Waals surface area contributed by atoms with E-state index in [9.17, 15) is 10.1 Å². The van der Waals surface area contributed by atoms with Crippen molar-refractivity contribution < 1.29 is 9.53 Å². The molecule has 7 nitrogen and oxygen atoms in total. The maximum absolute atomic E-state index is 13.5. The molecule has 2 aliphatic heterocycles. The SMILES string of the molecule is Cc1cc(C)c(-c2nnc(CC3CCCO3)[nH]2)cc1C(=O)N1CCC(c2ccccc2C#N)CC1. The third-order valence-corrected chi connectivity index (χ3v) is 7.34. The zero-order valence-electron chi connectivity index (χ0n) is 20.4. The predicted octanol–water partition coefficient (Wildman–Crippen LogP) is 4.70. The van der Waals surface area contributed by atoms with Crippen molar-refractivity contribution in [3.05, 3.63) is 70.0 Å². The van der Waals surface area contributed by atoms with Gasteiger partial charge in [-0.2, -0.15) is 5.26 Å². The quantitative estimate of drug-likeness (QED) is 0.584. The number of piperidine rings is 1. The summed E-state index contributed by atoms with van der Waals surface area (Å²) in [5.74, 6) is 1.87. The monoisotopic (exact) mass is 469 g/mol. The number of ether oxygens (including phenoxy) is 1. The average molecular weight is 470 g/mol. The number of nitrogens with zero attached hydrogens (tertiary/aromatic N) is 4. The molecule has 0 aliphatic carbocycles. The Kier molecular flexibility index (Phi) is 6.65. The van der Waals surface area contributed by atoms with Gasteiger partial charge < -0.3 is 14.6 Å². The van der Waals surface area contributed by atoms with Crippen LogP contribution in [0.2, 0.25) is 0 Å². The molecule has 1 amide bonds. The fourth-order valence-corrected chi connectivity index (χ4v) is 5.39. The zero-order chi connectivity index (χ0) is 24.4. The molecule has 1 atom stereocenters. The highest BCUT2D eigenvalue weighted by Gasteiger charge is 2.27. The van der Waals surface area contributed by atoms with E-state index in [0.717, 1.165) is 72.4 Å². The van der Waals surface area contributed by atoms with Crippen molar-refractivity contribution in [2.24, 2.45) is 0 Å². The lowest BCUT2D eigenvalue weighted by atomic mass is 9.86. The second-order valence-electron chi connectivity index (χ2n) is 9.71. The molecule has 0 bridgehead atoms. The maximum atomic E-state index is 13.5. The Morgan fingerprint density at radius 3 is 2.69 bits per heavy atom. The summed E-state index contributed by atoms with van der Waals surface area (Å²) >= 11 is 0. The van der Waals surface area contributed by atoms with Crippen LogP contribution in [0, 0.1) is 25.2 Å². The summed E-state index contributed by atoms with van der Waals surface area (Å²) in [7, 11) is 0. The summed E-state index contributed by atoms with van der Waals surface area (Å²) in [6.07, 6.45) is 4.80. The van der Waals surface area contributed by atoms with Gasteiger partial charge in [-0.1, -0.05) is 24.3 Å². The van der Waals surface area contributed by atoms with Crippen LogP contribution >= 0.6 is 0 Å². The fourth-order valence-electron chi connectivity index (χ4n) is 5.39. The predicted molar refractivity (Wildman–Crippen MR) is 133 cm³/mol. The molecule has 1 aromatic heterocycles. The number of nitrogens with one attached hydrogen (secondary N) is 1. The van der Waals surface area contributed by atoms with Gasteiger partial charge in [-0.05, 0) is 74.3 Å². The van der Waals surface area contributed by atoms with Gasteiger partial charge in [0.15, 0.2) is 5.82 Å². The number of nitriles is 1. The lowest BCUT2D eigenvalue weighted by Crippen LogP contribution is -2.38. The summed E-state index contributed by atoms with van der Waals surface area (Å²) in [5.41, 5.74) is 5.47. The van der Waals surface area contributed by atoms with E-state index in [4.69, 9.17) is 4.74 Å². The molecule has 2 fully saturated rings. The number of aromatic nitrogens is 3. The highest BCUT2D eigenvalue weighted by atomic mass is 16.5. The van der Waals surface area contributed by atoms with E-state index >= 15 is 0 Å². The molecular weight excluding hydrogens is 438 g/mol. The van der Waals surface area contributed by atoms with Gasteiger partial charge >= 0.3 is 0 Å². The van der Waals surface area contributed by atoms with Gasteiger partial charge in [0, 0.05) is 37.2 Å². The molecule has 1 unspecified atom stereocenters. The molecule has 7 heteroatoms. The smallest absolute Gasteiger partial charge is 0.254 e. The minimum absolute atomic E-state index is 0.0508. The van der Waals surface area contributed by atoms with Crippen LogP contribution in [0.3, 0.4) is 0 Å². The first kappa shape index (κ1) is 23.3. The van der Waals surface area contributed by atoms with E-state index in [1.807, 2.05) is 49.1 Å². The van der Waals surface area contributed by atoms with Gasteiger partial charge in [0.1, 0.15) is 5.82 Å². The Hall–Kier alpha value is -3.50. The van der Waals surface area contributed by atoms with Crippen LogP contribution in [-0.2, 0) is 11.2 Å². The summed E-state index contributed by atoms with van der Waals surface area (Å²) < 4.78 is 5.72. The number of hydrogen-bond donors (Lipinski definition) is 1. The van der Waals surface area contributed by atoms with Crippen molar-refractivity contribution in [2.45, 2.75) is 58.0 Å². The molecule has 3 heterocycles. The van der Waals surface area contributed by atoms with Gasteiger partial charge in [-0.3, -0.25) is 4.79 Å². The number of aryl methyl sites for hydroxylation is 2. The van der Waals surface area contributed by atoms with Gasteiger partial charge in [-0.15, -0.1) is 10.2 Å². The first-order chi connectivity index (χ1) is 17.0. The largest absolute Gasteiger partial charge is 0.378 e. The molecule has 0 radical (unpaired) electrons. The van der Waals surface area contributed by atoms with Crippen molar-refractivity contribution in [3.8, 4) is 17.5 Å². The topological polar surface area (TPSA) is 94.9 Å². The lowest BCUT2D eigenvalue weighted by molar-refractivity contribution is 0.0712. The van der Waals surface area contributed by atoms with Gasteiger partial charge in [0.2, 0.25) is 0 Å². The number of rotatable bonds is 5. The molecule has 1 N–H and O–H groups in total. The highest BCUT2D eigenvalue weighted by Crippen LogP contribution is 2.32.